The Kier molecular flexibility index (Phi) is 6.44. The molecule has 0 bridgehead atoms. The Labute approximate surface area is 147 Å². The van der Waals surface area contributed by atoms with Crippen LogP contribution in [0.3, 0.4) is 0 Å². The Morgan fingerprint density at radius 3 is 2.43 bits per heavy atom. The number of nitrogens with zero attached hydrogens (tertiary/aromatic N) is 1. The van der Waals surface area contributed by atoms with Crippen molar-refractivity contribution in [1.82, 2.24) is 4.90 Å². The predicted molar refractivity (Wildman–Crippen MR) is 98.6 cm³/mol. The maximum atomic E-state index is 6.39. The minimum Gasteiger partial charge on any atom is -0.326 e. The normalized spacial score (nSPS) is 14.4. The van der Waals surface area contributed by atoms with Gasteiger partial charge in [-0.15, -0.1) is 11.3 Å². The molecule has 1 aromatic carbocycles. The molecule has 2 nitrogen and oxygen atoms in total. The zero-order valence-electron chi connectivity index (χ0n) is 12.2. The summed E-state index contributed by atoms with van der Waals surface area (Å²) in [6, 6.07) is 11.0. The SMILES string of the molecule is CCC(N)C(c1ccc(Br)cc1)N(C)Cc1csc(Br)c1. The molecule has 114 valence electrons. The van der Waals surface area contributed by atoms with Crippen LogP contribution in [-0.2, 0) is 6.54 Å². The molecule has 2 N–H and O–H groups in total. The summed E-state index contributed by atoms with van der Waals surface area (Å²) in [5, 5.41) is 2.19. The molecule has 0 aliphatic heterocycles. The summed E-state index contributed by atoms with van der Waals surface area (Å²) >= 11 is 8.74. The number of hydrogen-bond acceptors (Lipinski definition) is 3. The lowest BCUT2D eigenvalue weighted by Crippen LogP contribution is -2.38. The minimum absolute atomic E-state index is 0.123. The molecule has 2 atom stereocenters. The van der Waals surface area contributed by atoms with Crippen LogP contribution in [0.25, 0.3) is 0 Å². The van der Waals surface area contributed by atoms with Gasteiger partial charge in [-0.3, -0.25) is 4.90 Å². The van der Waals surface area contributed by atoms with Crippen molar-refractivity contribution in [3.05, 3.63) is 55.1 Å². The van der Waals surface area contributed by atoms with Crippen molar-refractivity contribution in [3.8, 4) is 0 Å². The molecule has 1 aromatic heterocycles. The van der Waals surface area contributed by atoms with Crippen molar-refractivity contribution in [1.29, 1.82) is 0 Å². The lowest BCUT2D eigenvalue weighted by Gasteiger charge is -2.32. The molecule has 0 aliphatic rings. The molecule has 2 rings (SSSR count). The third-order valence-corrected chi connectivity index (χ3v) is 5.70. The zero-order valence-corrected chi connectivity index (χ0v) is 16.2. The van der Waals surface area contributed by atoms with Gasteiger partial charge in [0.2, 0.25) is 0 Å². The van der Waals surface area contributed by atoms with E-state index in [1.54, 1.807) is 11.3 Å². The largest absolute Gasteiger partial charge is 0.326 e. The van der Waals surface area contributed by atoms with Crippen molar-refractivity contribution in [2.75, 3.05) is 7.05 Å². The highest BCUT2D eigenvalue weighted by atomic mass is 79.9. The van der Waals surface area contributed by atoms with Gasteiger partial charge in [0.15, 0.2) is 0 Å². The Hall–Kier alpha value is -0.200. The molecule has 0 saturated carbocycles. The van der Waals surface area contributed by atoms with E-state index in [2.05, 4.69) is 86.4 Å². The number of likely N-dealkylation sites (N-methyl/N-ethyl adjacent to an activating group) is 1. The molecule has 0 amide bonds. The summed E-state index contributed by atoms with van der Waals surface area (Å²) in [5.74, 6) is 0. The summed E-state index contributed by atoms with van der Waals surface area (Å²) in [5.41, 5.74) is 8.97. The van der Waals surface area contributed by atoms with E-state index in [1.807, 2.05) is 0 Å². The Morgan fingerprint density at radius 2 is 1.90 bits per heavy atom. The summed E-state index contributed by atoms with van der Waals surface area (Å²) < 4.78 is 2.27. The van der Waals surface area contributed by atoms with Gasteiger partial charge in [0.05, 0.1) is 3.79 Å². The fourth-order valence-electron chi connectivity index (χ4n) is 2.53. The number of thiophene rings is 1. The van der Waals surface area contributed by atoms with Crippen molar-refractivity contribution in [2.45, 2.75) is 32.0 Å². The fraction of sp³-hybridized carbons (Fsp3) is 0.375. The van der Waals surface area contributed by atoms with E-state index >= 15 is 0 Å². The standard InChI is InChI=1S/C16H20Br2N2S/c1-3-14(19)16(12-4-6-13(17)7-5-12)20(2)9-11-8-15(18)21-10-11/h4-8,10,14,16H,3,9,19H2,1-2H3. The quantitative estimate of drug-likeness (QED) is 0.682. The summed E-state index contributed by atoms with van der Waals surface area (Å²) in [4.78, 5) is 2.34. The van der Waals surface area contributed by atoms with Crippen LogP contribution in [0.1, 0.15) is 30.5 Å². The molecule has 0 aliphatic carbocycles. The van der Waals surface area contributed by atoms with E-state index in [0.29, 0.717) is 0 Å². The Balaban J connectivity index is 2.20. The Morgan fingerprint density at radius 1 is 1.24 bits per heavy atom. The highest BCUT2D eigenvalue weighted by Gasteiger charge is 2.23. The summed E-state index contributed by atoms with van der Waals surface area (Å²) in [7, 11) is 2.15. The number of nitrogens with two attached hydrogens (primary N) is 1. The van der Waals surface area contributed by atoms with Gasteiger partial charge in [0.1, 0.15) is 0 Å². The van der Waals surface area contributed by atoms with Gasteiger partial charge in [0, 0.05) is 23.1 Å². The van der Waals surface area contributed by atoms with Gasteiger partial charge >= 0.3 is 0 Å². The zero-order chi connectivity index (χ0) is 15.4. The van der Waals surface area contributed by atoms with Gasteiger partial charge in [-0.25, -0.2) is 0 Å². The maximum Gasteiger partial charge on any atom is 0.0701 e. The van der Waals surface area contributed by atoms with Crippen LogP contribution in [0.4, 0.5) is 0 Å². The van der Waals surface area contributed by atoms with Crippen LogP contribution in [0.15, 0.2) is 44.0 Å². The van der Waals surface area contributed by atoms with Crippen LogP contribution < -0.4 is 5.73 Å². The third-order valence-electron chi connectivity index (χ3n) is 3.62. The van der Waals surface area contributed by atoms with Crippen LogP contribution in [0.5, 0.6) is 0 Å². The van der Waals surface area contributed by atoms with Crippen LogP contribution >= 0.6 is 43.2 Å². The molecule has 1 heterocycles. The molecule has 2 unspecified atom stereocenters. The average Bonchev–Trinajstić information content (AvgIpc) is 2.86. The van der Waals surface area contributed by atoms with Gasteiger partial charge in [-0.05, 0) is 64.1 Å². The van der Waals surface area contributed by atoms with Gasteiger partial charge < -0.3 is 5.73 Å². The average molecular weight is 432 g/mol. The van der Waals surface area contributed by atoms with Crippen molar-refractivity contribution >= 4 is 43.2 Å². The highest BCUT2D eigenvalue weighted by molar-refractivity contribution is 9.11. The predicted octanol–water partition coefficient (Wildman–Crippen LogP) is 5.18. The second kappa shape index (κ2) is 7.88. The summed E-state index contributed by atoms with van der Waals surface area (Å²) in [6.45, 7) is 3.04. The molecular weight excluding hydrogens is 412 g/mol. The fourth-order valence-corrected chi connectivity index (χ4v) is 3.99. The van der Waals surface area contributed by atoms with E-state index in [0.717, 1.165) is 17.4 Å². The van der Waals surface area contributed by atoms with Gasteiger partial charge in [0.25, 0.3) is 0 Å². The lowest BCUT2D eigenvalue weighted by molar-refractivity contribution is 0.202. The number of hydrogen-bond donors (Lipinski definition) is 1. The van der Waals surface area contributed by atoms with E-state index in [1.165, 1.54) is 14.9 Å². The Bertz CT molecular complexity index is 568. The summed E-state index contributed by atoms with van der Waals surface area (Å²) in [6.07, 6.45) is 0.957. The monoisotopic (exact) mass is 430 g/mol. The number of halogens is 2. The second-order valence-corrected chi connectivity index (χ2v) is 8.45. The first-order valence-electron chi connectivity index (χ1n) is 6.95. The number of rotatable bonds is 6. The first kappa shape index (κ1) is 17.2. The lowest BCUT2D eigenvalue weighted by atomic mass is 9.96. The maximum absolute atomic E-state index is 6.39. The first-order chi connectivity index (χ1) is 10.0. The van der Waals surface area contributed by atoms with E-state index in [4.69, 9.17) is 5.73 Å². The first-order valence-corrected chi connectivity index (χ1v) is 9.42. The van der Waals surface area contributed by atoms with Crippen molar-refractivity contribution in [2.24, 2.45) is 5.73 Å². The molecule has 0 spiro atoms. The number of benzene rings is 1. The van der Waals surface area contributed by atoms with Gasteiger partial charge in [-0.2, -0.15) is 0 Å². The molecule has 0 saturated heterocycles. The topological polar surface area (TPSA) is 29.3 Å². The van der Waals surface area contributed by atoms with Crippen molar-refractivity contribution < 1.29 is 0 Å². The van der Waals surface area contributed by atoms with Crippen LogP contribution in [0.2, 0.25) is 0 Å². The van der Waals surface area contributed by atoms with Gasteiger partial charge in [-0.1, -0.05) is 35.0 Å². The molecule has 0 radical (unpaired) electrons. The van der Waals surface area contributed by atoms with E-state index < -0.39 is 0 Å². The molecule has 21 heavy (non-hydrogen) atoms. The van der Waals surface area contributed by atoms with Crippen LogP contribution in [0, 0.1) is 0 Å². The smallest absolute Gasteiger partial charge is 0.0701 e. The second-order valence-electron chi connectivity index (χ2n) is 5.24. The minimum atomic E-state index is 0.123. The van der Waals surface area contributed by atoms with Crippen molar-refractivity contribution in [3.63, 3.8) is 0 Å². The van der Waals surface area contributed by atoms with E-state index in [-0.39, 0.29) is 12.1 Å². The molecule has 2 aromatic rings. The molecule has 0 fully saturated rings. The van der Waals surface area contributed by atoms with Crippen LogP contribution in [-0.4, -0.2) is 18.0 Å². The molecule has 5 heteroatoms. The third kappa shape index (κ3) is 4.63. The molecular formula is C16H20Br2N2S. The highest BCUT2D eigenvalue weighted by Crippen LogP contribution is 2.28. The van der Waals surface area contributed by atoms with E-state index in [9.17, 15) is 0 Å².